The van der Waals surface area contributed by atoms with Crippen molar-refractivity contribution < 1.29 is 31.9 Å². The maximum atomic E-state index is 8.06. The SMILES string of the molecule is Cc1cccc(-c2cccc3c2Oc2c(ccc4ccccc24)C3(C)C)c1.Cc1cccc(-c2cccc3c2Oc2cc(C)ccc2C3(C)C)c1.Cc1cccc(-c2cccc3c2Oc2ccc4ccccc4c2C3(C)C)c1.[2H]C([2H])([2H])c1ccc(-c2cccc(C)c2)c2c1C(C)(C)c1ccccc1O2.[2H]C([2H])([2H])c1ccc(-c2cccc3c2Oc2cc(C)ccc2C3(C)C)cc1C. The lowest BCUT2D eigenvalue weighted by atomic mass is 9.73. The minimum Gasteiger partial charge on any atom is -0.456 e. The quantitative estimate of drug-likeness (QED) is 0.172. The van der Waals surface area contributed by atoms with Gasteiger partial charge in [-0.1, -0.05) is 401 Å². The maximum Gasteiger partial charge on any atom is 0.139 e. The molecule has 5 nitrogen and oxygen atoms in total. The third-order valence-corrected chi connectivity index (χ3v) is 26.7. The van der Waals surface area contributed by atoms with Crippen LogP contribution in [0, 0.1) is 62.2 Å². The molecule has 5 heteroatoms. The van der Waals surface area contributed by atoms with E-state index in [0.29, 0.717) is 16.9 Å². The van der Waals surface area contributed by atoms with Crippen LogP contribution < -0.4 is 23.7 Å². The Balaban J connectivity index is 0.000000111. The van der Waals surface area contributed by atoms with Crippen molar-refractivity contribution in [2.24, 2.45) is 0 Å². The molecule has 0 unspecified atom stereocenters. The molecule has 630 valence electrons. The summed E-state index contributed by atoms with van der Waals surface area (Å²) in [5.74, 6) is 9.07. The molecule has 0 amide bonds. The highest BCUT2D eigenvalue weighted by atomic mass is 16.5. The highest BCUT2D eigenvalue weighted by molar-refractivity contribution is 5.94. The van der Waals surface area contributed by atoms with Crippen LogP contribution in [0.2, 0.25) is 0 Å². The van der Waals surface area contributed by atoms with Gasteiger partial charge in [-0.05, 0) is 158 Å². The first kappa shape index (κ1) is 76.9. The van der Waals surface area contributed by atoms with Crippen molar-refractivity contribution >= 4 is 21.5 Å². The number of rotatable bonds is 5. The van der Waals surface area contributed by atoms with Gasteiger partial charge < -0.3 is 23.7 Å². The molecule has 5 heterocycles. The van der Waals surface area contributed by atoms with Gasteiger partial charge in [-0.25, -0.2) is 0 Å². The molecule has 0 aliphatic carbocycles. The smallest absolute Gasteiger partial charge is 0.139 e. The fraction of sp³-hybridized carbons (Fsp3) is 0.197. The molecule has 0 N–H and O–H groups in total. The van der Waals surface area contributed by atoms with Gasteiger partial charge in [-0.3, -0.25) is 0 Å². The summed E-state index contributed by atoms with van der Waals surface area (Å²) < 4.78 is 79.6. The number of fused-ring (bicyclic) bond motifs is 14. The topological polar surface area (TPSA) is 46.2 Å². The Bertz CT molecular complexity index is 7460. The Morgan fingerprint density at radius 1 is 0.197 bits per heavy atom. The third-order valence-electron chi connectivity index (χ3n) is 26.7. The summed E-state index contributed by atoms with van der Waals surface area (Å²) in [6.07, 6.45) is 0. The van der Waals surface area contributed by atoms with Gasteiger partial charge in [-0.2, -0.15) is 0 Å². The number of para-hydroxylation sites is 5. The monoisotopic (exact) mass is 1660 g/mol. The van der Waals surface area contributed by atoms with Gasteiger partial charge in [-0.15, -0.1) is 0 Å². The van der Waals surface area contributed by atoms with Crippen molar-refractivity contribution in [1.82, 2.24) is 0 Å². The molecule has 5 aliphatic rings. The van der Waals surface area contributed by atoms with Gasteiger partial charge >= 0.3 is 0 Å². The molecule has 17 aromatic carbocycles. The summed E-state index contributed by atoms with van der Waals surface area (Å²) in [6.45, 7) is 32.5. The average molecular weight is 1660 g/mol. The van der Waals surface area contributed by atoms with Crippen molar-refractivity contribution in [1.29, 1.82) is 0 Å². The molecule has 0 atom stereocenters. The molecule has 22 rings (SSSR count). The van der Waals surface area contributed by atoms with Crippen LogP contribution in [0.15, 0.2) is 334 Å². The van der Waals surface area contributed by atoms with Crippen molar-refractivity contribution in [2.75, 3.05) is 0 Å². The number of hydrogen-bond donors (Lipinski definition) is 0. The zero-order chi connectivity index (χ0) is 93.8. The molecule has 127 heavy (non-hydrogen) atoms. The third kappa shape index (κ3) is 15.4. The Morgan fingerprint density at radius 3 is 1.02 bits per heavy atom. The first-order valence-electron chi connectivity index (χ1n) is 47.2. The maximum absolute atomic E-state index is 8.06. The van der Waals surface area contributed by atoms with E-state index < -0.39 is 19.1 Å². The van der Waals surface area contributed by atoms with Gasteiger partial charge in [0.25, 0.3) is 0 Å². The Hall–Kier alpha value is -13.7. The summed E-state index contributed by atoms with van der Waals surface area (Å²) in [4.78, 5) is 0. The zero-order valence-corrected chi connectivity index (χ0v) is 75.8. The van der Waals surface area contributed by atoms with E-state index in [4.69, 9.17) is 31.9 Å². The second-order valence-electron chi connectivity index (χ2n) is 37.6. The fourth-order valence-corrected chi connectivity index (χ4v) is 19.7. The molecule has 0 saturated carbocycles. The minimum absolute atomic E-state index is 0.0730. The van der Waals surface area contributed by atoms with Crippen LogP contribution in [0.4, 0.5) is 0 Å². The second kappa shape index (κ2) is 33.0. The van der Waals surface area contributed by atoms with Crippen LogP contribution in [0.3, 0.4) is 0 Å². The van der Waals surface area contributed by atoms with Crippen LogP contribution >= 0.6 is 0 Å². The first-order chi connectivity index (χ1) is 63.4. The van der Waals surface area contributed by atoms with Gasteiger partial charge in [0.05, 0.1) is 0 Å². The number of aryl methyl sites for hydroxylation is 9. The molecule has 0 fully saturated rings. The van der Waals surface area contributed by atoms with E-state index in [2.05, 4.69) is 353 Å². The molecule has 0 spiro atoms. The average Bonchev–Trinajstić information content (AvgIpc) is 0.732. The molecular weight excluding hydrogens is 1550 g/mol. The summed E-state index contributed by atoms with van der Waals surface area (Å²) in [6, 6.07) is 115. The van der Waals surface area contributed by atoms with Gasteiger partial charge in [0.1, 0.15) is 57.5 Å². The van der Waals surface area contributed by atoms with Gasteiger partial charge in [0.2, 0.25) is 0 Å². The predicted octanol–water partition coefficient (Wildman–Crippen LogP) is 34.0. The minimum atomic E-state index is -2.21. The van der Waals surface area contributed by atoms with E-state index in [-0.39, 0.29) is 21.7 Å². The first-order valence-corrected chi connectivity index (χ1v) is 44.2. The van der Waals surface area contributed by atoms with Crippen molar-refractivity contribution in [3.63, 3.8) is 0 Å². The Labute approximate surface area is 759 Å². The van der Waals surface area contributed by atoms with Gasteiger partial charge in [0.15, 0.2) is 0 Å². The van der Waals surface area contributed by atoms with E-state index >= 15 is 0 Å². The molecule has 0 saturated heterocycles. The van der Waals surface area contributed by atoms with Crippen LogP contribution in [0.5, 0.6) is 57.5 Å². The lowest BCUT2D eigenvalue weighted by molar-refractivity contribution is 0.418. The van der Waals surface area contributed by atoms with Crippen LogP contribution in [-0.4, -0.2) is 0 Å². The zero-order valence-electron chi connectivity index (χ0n) is 81.8. The highest BCUT2D eigenvalue weighted by Gasteiger charge is 2.42. The van der Waals surface area contributed by atoms with Crippen molar-refractivity contribution in [2.45, 2.75) is 158 Å². The summed E-state index contributed by atoms with van der Waals surface area (Å²) in [5, 5.41) is 4.91. The number of ether oxygens (including phenoxy) is 5. The van der Waals surface area contributed by atoms with E-state index in [9.17, 15) is 0 Å². The van der Waals surface area contributed by atoms with Crippen molar-refractivity contribution in [3.8, 4) is 113 Å². The van der Waals surface area contributed by atoms with E-state index in [1.54, 1.807) is 12.1 Å². The molecule has 0 aromatic heterocycles. The number of benzene rings is 17. The van der Waals surface area contributed by atoms with Crippen molar-refractivity contribution in [3.05, 3.63) is 439 Å². The standard InChI is InChI=1S/2C26H22O.C24H24O.2C23H22O/c1-17-8-6-10-19(16-17)21-12-7-13-22-25(21)27-23-15-14-18-9-4-5-11-20(18)24(23)26(22,2)3;1-17-8-6-10-19(16-17)21-12-7-13-22-25(21)27-24-20-11-5-4-9-18(20)14-15-23(24)26(22,2)3;1-15-9-12-20-22(13-15)25-23-19(7-6-8-21(23)24(20,4)5)18-11-10-16(2)17(3)14-18;1-15-7-5-8-17(13-15)18-9-6-10-20-22(18)24-21-14-16(2)11-12-19(21)23(20,3)4;1-15-8-7-9-17(14-15)18-13-12-16(2)21-22(18)24-20-11-6-5-10-19(20)23(21,3)4/h2*4-16H,1-3H3;6-14H,1-5H3;2*5-14H,1-4H3/i;;2D3;;2D3. The summed E-state index contributed by atoms with van der Waals surface area (Å²) >= 11 is 0. The molecule has 5 aliphatic heterocycles. The van der Waals surface area contributed by atoms with Crippen LogP contribution in [-0.2, 0) is 27.1 Å². The Morgan fingerprint density at radius 2 is 0.535 bits per heavy atom. The molecule has 0 bridgehead atoms. The lowest BCUT2D eigenvalue weighted by Gasteiger charge is -2.36. The molecule has 0 radical (unpaired) electrons. The highest BCUT2D eigenvalue weighted by Crippen LogP contribution is 2.59. The normalized spacial score (nSPS) is 15.3. The van der Waals surface area contributed by atoms with Gasteiger partial charge in [0, 0.05) is 124 Å². The van der Waals surface area contributed by atoms with E-state index in [1.807, 2.05) is 86.6 Å². The van der Waals surface area contributed by atoms with Crippen LogP contribution in [0.1, 0.15) is 183 Å². The second-order valence-corrected chi connectivity index (χ2v) is 37.6. The summed E-state index contributed by atoms with van der Waals surface area (Å²) in [7, 11) is 0. The molecular formula is C122H112O5. The predicted molar refractivity (Wildman–Crippen MR) is 530 cm³/mol. The summed E-state index contributed by atoms with van der Waals surface area (Å²) in [5.41, 5.74) is 30.4. The largest absolute Gasteiger partial charge is 0.456 e. The number of hydrogen-bond acceptors (Lipinski definition) is 5. The van der Waals surface area contributed by atoms with Crippen LogP contribution in [0.25, 0.3) is 77.2 Å². The lowest BCUT2D eigenvalue weighted by Crippen LogP contribution is -2.25. The fourth-order valence-electron chi connectivity index (χ4n) is 19.7. The Kier molecular flexibility index (Phi) is 20.0. The van der Waals surface area contributed by atoms with E-state index in [0.717, 1.165) is 124 Å². The van der Waals surface area contributed by atoms with E-state index in [1.165, 1.54) is 99.4 Å². The molecule has 17 aromatic rings.